The van der Waals surface area contributed by atoms with Crippen molar-refractivity contribution in [2.75, 3.05) is 18.4 Å². The Balaban J connectivity index is 1.50. The Morgan fingerprint density at radius 2 is 2.00 bits per heavy atom. The molecule has 0 aromatic heterocycles. The molecule has 1 aliphatic heterocycles. The molecule has 0 spiro atoms. The maximum absolute atomic E-state index is 12.2. The molecule has 1 aromatic carbocycles. The van der Waals surface area contributed by atoms with Gasteiger partial charge >= 0.3 is 6.03 Å². The number of carbonyl (C=O) groups is 1. The van der Waals surface area contributed by atoms with E-state index in [-0.39, 0.29) is 6.03 Å². The summed E-state index contributed by atoms with van der Waals surface area (Å²) >= 11 is 0. The Morgan fingerprint density at radius 1 is 1.24 bits per heavy atom. The molecule has 1 heterocycles. The van der Waals surface area contributed by atoms with Crippen LogP contribution in [0.2, 0.25) is 0 Å². The van der Waals surface area contributed by atoms with Crippen molar-refractivity contribution in [2.45, 2.75) is 45.2 Å². The summed E-state index contributed by atoms with van der Waals surface area (Å²) in [5, 5.41) is 6.50. The van der Waals surface area contributed by atoms with E-state index in [4.69, 9.17) is 0 Å². The van der Waals surface area contributed by atoms with E-state index in [0.717, 1.165) is 37.8 Å². The second kappa shape index (κ2) is 6.48. The van der Waals surface area contributed by atoms with Gasteiger partial charge in [-0.1, -0.05) is 19.1 Å². The fourth-order valence-electron chi connectivity index (χ4n) is 2.83. The lowest BCUT2D eigenvalue weighted by Gasteiger charge is -2.30. The molecular weight excluding hydrogens is 262 g/mol. The molecule has 0 radical (unpaired) electrons. The summed E-state index contributed by atoms with van der Waals surface area (Å²) in [4.78, 5) is 14.2. The SMILES string of the molecule is CC1CCCN(C(=O)Nc2ccc(CNC3CC3)cc2)C1. The van der Waals surface area contributed by atoms with Crippen LogP contribution >= 0.6 is 0 Å². The monoisotopic (exact) mass is 287 g/mol. The first-order valence-corrected chi connectivity index (χ1v) is 8.09. The van der Waals surface area contributed by atoms with Crippen molar-refractivity contribution < 1.29 is 4.79 Å². The number of rotatable bonds is 4. The van der Waals surface area contributed by atoms with E-state index in [1.165, 1.54) is 24.8 Å². The minimum absolute atomic E-state index is 0.0328. The van der Waals surface area contributed by atoms with Crippen LogP contribution in [-0.4, -0.2) is 30.1 Å². The molecule has 1 saturated heterocycles. The first kappa shape index (κ1) is 14.4. The Kier molecular flexibility index (Phi) is 4.44. The smallest absolute Gasteiger partial charge is 0.321 e. The van der Waals surface area contributed by atoms with E-state index in [1.54, 1.807) is 0 Å². The lowest BCUT2D eigenvalue weighted by Crippen LogP contribution is -2.41. The van der Waals surface area contributed by atoms with Gasteiger partial charge in [-0.05, 0) is 49.3 Å². The van der Waals surface area contributed by atoms with Gasteiger partial charge in [0, 0.05) is 31.4 Å². The standard InChI is InChI=1S/C17H25N3O/c1-13-3-2-10-20(12-13)17(21)19-16-6-4-14(5-7-16)11-18-15-8-9-15/h4-7,13,15,18H,2-3,8-12H2,1H3,(H,19,21). The van der Waals surface area contributed by atoms with Crippen molar-refractivity contribution in [2.24, 2.45) is 5.92 Å². The third-order valence-corrected chi connectivity index (χ3v) is 4.32. The molecule has 4 heteroatoms. The summed E-state index contributed by atoms with van der Waals surface area (Å²) < 4.78 is 0. The normalized spacial score (nSPS) is 22.1. The average Bonchev–Trinajstić information content (AvgIpc) is 3.31. The Hall–Kier alpha value is -1.55. The Morgan fingerprint density at radius 3 is 2.67 bits per heavy atom. The highest BCUT2D eigenvalue weighted by Crippen LogP contribution is 2.20. The number of amides is 2. The van der Waals surface area contributed by atoms with E-state index in [1.807, 2.05) is 17.0 Å². The van der Waals surface area contributed by atoms with Gasteiger partial charge in [-0.25, -0.2) is 4.79 Å². The fraction of sp³-hybridized carbons (Fsp3) is 0.588. The predicted octanol–water partition coefficient (Wildman–Crippen LogP) is 3.20. The molecule has 2 fully saturated rings. The van der Waals surface area contributed by atoms with Crippen LogP contribution in [0, 0.1) is 5.92 Å². The zero-order valence-electron chi connectivity index (χ0n) is 12.8. The molecule has 2 N–H and O–H groups in total. The first-order chi connectivity index (χ1) is 10.2. The predicted molar refractivity (Wildman–Crippen MR) is 85.3 cm³/mol. The number of hydrogen-bond acceptors (Lipinski definition) is 2. The molecule has 1 atom stereocenters. The molecular formula is C17H25N3O. The lowest BCUT2D eigenvalue weighted by molar-refractivity contribution is 0.182. The molecule has 1 aromatic rings. The molecule has 4 nitrogen and oxygen atoms in total. The summed E-state index contributed by atoms with van der Waals surface area (Å²) in [6, 6.07) is 8.92. The number of anilines is 1. The van der Waals surface area contributed by atoms with Gasteiger partial charge in [0.25, 0.3) is 0 Å². The second-order valence-corrected chi connectivity index (χ2v) is 6.48. The highest BCUT2D eigenvalue weighted by molar-refractivity contribution is 5.89. The van der Waals surface area contributed by atoms with Gasteiger partial charge in [0.1, 0.15) is 0 Å². The minimum atomic E-state index is 0.0328. The van der Waals surface area contributed by atoms with Crippen molar-refractivity contribution in [1.82, 2.24) is 10.2 Å². The number of likely N-dealkylation sites (tertiary alicyclic amines) is 1. The zero-order chi connectivity index (χ0) is 14.7. The summed E-state index contributed by atoms with van der Waals surface area (Å²) in [6.45, 7) is 4.87. The number of piperidine rings is 1. The Labute approximate surface area is 126 Å². The van der Waals surface area contributed by atoms with E-state index < -0.39 is 0 Å². The number of carbonyl (C=O) groups excluding carboxylic acids is 1. The average molecular weight is 287 g/mol. The van der Waals surface area contributed by atoms with Crippen molar-refractivity contribution in [3.05, 3.63) is 29.8 Å². The molecule has 21 heavy (non-hydrogen) atoms. The van der Waals surface area contributed by atoms with E-state index in [9.17, 15) is 4.79 Å². The van der Waals surface area contributed by atoms with Crippen molar-refractivity contribution in [3.63, 3.8) is 0 Å². The van der Waals surface area contributed by atoms with Crippen LogP contribution in [-0.2, 0) is 6.54 Å². The van der Waals surface area contributed by atoms with E-state index in [2.05, 4.69) is 29.7 Å². The van der Waals surface area contributed by atoms with E-state index >= 15 is 0 Å². The minimum Gasteiger partial charge on any atom is -0.324 e. The highest BCUT2D eigenvalue weighted by Gasteiger charge is 2.21. The fourth-order valence-corrected chi connectivity index (χ4v) is 2.83. The van der Waals surface area contributed by atoms with Gasteiger partial charge in [0.05, 0.1) is 0 Å². The number of nitrogens with zero attached hydrogens (tertiary/aromatic N) is 1. The van der Waals surface area contributed by atoms with Crippen molar-refractivity contribution in [1.29, 1.82) is 0 Å². The van der Waals surface area contributed by atoms with Gasteiger partial charge in [0.2, 0.25) is 0 Å². The molecule has 2 amide bonds. The molecule has 1 unspecified atom stereocenters. The summed E-state index contributed by atoms with van der Waals surface area (Å²) in [5.74, 6) is 0.611. The molecule has 3 rings (SSSR count). The van der Waals surface area contributed by atoms with Crippen LogP contribution in [0.15, 0.2) is 24.3 Å². The Bertz CT molecular complexity index is 481. The van der Waals surface area contributed by atoms with Crippen LogP contribution in [0.25, 0.3) is 0 Å². The van der Waals surface area contributed by atoms with Gasteiger partial charge in [-0.3, -0.25) is 0 Å². The quantitative estimate of drug-likeness (QED) is 0.893. The number of benzene rings is 1. The number of hydrogen-bond donors (Lipinski definition) is 2. The van der Waals surface area contributed by atoms with Gasteiger partial charge in [-0.15, -0.1) is 0 Å². The van der Waals surface area contributed by atoms with Gasteiger partial charge in [0.15, 0.2) is 0 Å². The van der Waals surface area contributed by atoms with Crippen LogP contribution in [0.4, 0.5) is 10.5 Å². The maximum Gasteiger partial charge on any atom is 0.321 e. The van der Waals surface area contributed by atoms with Crippen LogP contribution in [0.5, 0.6) is 0 Å². The topological polar surface area (TPSA) is 44.4 Å². The summed E-state index contributed by atoms with van der Waals surface area (Å²) in [6.07, 6.45) is 4.96. The number of urea groups is 1. The van der Waals surface area contributed by atoms with Crippen molar-refractivity contribution in [3.8, 4) is 0 Å². The largest absolute Gasteiger partial charge is 0.324 e. The maximum atomic E-state index is 12.2. The molecule has 0 bridgehead atoms. The van der Waals surface area contributed by atoms with Crippen LogP contribution in [0.3, 0.4) is 0 Å². The number of nitrogens with one attached hydrogen (secondary N) is 2. The second-order valence-electron chi connectivity index (χ2n) is 6.48. The third kappa shape index (κ3) is 4.21. The van der Waals surface area contributed by atoms with Crippen LogP contribution in [0.1, 0.15) is 38.2 Å². The van der Waals surface area contributed by atoms with Gasteiger partial charge < -0.3 is 15.5 Å². The molecule has 1 aliphatic carbocycles. The first-order valence-electron chi connectivity index (χ1n) is 8.09. The van der Waals surface area contributed by atoms with Gasteiger partial charge in [-0.2, -0.15) is 0 Å². The molecule has 1 saturated carbocycles. The van der Waals surface area contributed by atoms with E-state index in [0.29, 0.717) is 5.92 Å². The summed E-state index contributed by atoms with van der Waals surface area (Å²) in [5.41, 5.74) is 2.15. The summed E-state index contributed by atoms with van der Waals surface area (Å²) in [7, 11) is 0. The molecule has 114 valence electrons. The lowest BCUT2D eigenvalue weighted by atomic mass is 10.0. The zero-order valence-corrected chi connectivity index (χ0v) is 12.8. The highest BCUT2D eigenvalue weighted by atomic mass is 16.2. The van der Waals surface area contributed by atoms with Crippen LogP contribution < -0.4 is 10.6 Å². The molecule has 2 aliphatic rings. The third-order valence-electron chi connectivity index (χ3n) is 4.32. The van der Waals surface area contributed by atoms with Crippen molar-refractivity contribution >= 4 is 11.7 Å².